The van der Waals surface area contributed by atoms with Gasteiger partial charge in [-0.2, -0.15) is 0 Å². The van der Waals surface area contributed by atoms with Crippen LogP contribution < -0.4 is 4.90 Å². The fourth-order valence-electron chi connectivity index (χ4n) is 0.948. The Morgan fingerprint density at radius 3 is 2.62 bits per heavy atom. The number of aromatic nitrogens is 2. The zero-order valence-electron chi connectivity index (χ0n) is 7.89. The second-order valence-corrected chi connectivity index (χ2v) is 4.09. The van der Waals surface area contributed by atoms with Crippen molar-refractivity contribution in [2.75, 3.05) is 19.0 Å². The number of aryl methyl sites for hydroxylation is 1. The smallest absolute Gasteiger partial charge is 0.203 e. The third kappa shape index (κ3) is 2.28. The van der Waals surface area contributed by atoms with Gasteiger partial charge in [-0.25, -0.2) is 4.98 Å². The van der Waals surface area contributed by atoms with Gasteiger partial charge in [0.25, 0.3) is 0 Å². The predicted molar refractivity (Wildman–Crippen MR) is 60.8 cm³/mol. The Morgan fingerprint density at radius 2 is 2.15 bits per heavy atom. The van der Waals surface area contributed by atoms with Gasteiger partial charge >= 0.3 is 0 Å². The SMILES string of the molecule is CCc1[nH]c(N(C)C)nc(=S)c1Br. The van der Waals surface area contributed by atoms with Crippen LogP contribution in [0.15, 0.2) is 4.47 Å². The second-order valence-electron chi connectivity index (χ2n) is 2.91. The Balaban J connectivity index is 3.31. The van der Waals surface area contributed by atoms with Crippen molar-refractivity contribution in [3.8, 4) is 0 Å². The summed E-state index contributed by atoms with van der Waals surface area (Å²) in [6.07, 6.45) is 0.910. The number of nitrogens with zero attached hydrogens (tertiary/aromatic N) is 2. The number of rotatable bonds is 2. The lowest BCUT2D eigenvalue weighted by atomic mass is 10.3. The lowest BCUT2D eigenvalue weighted by molar-refractivity contribution is 0.924. The van der Waals surface area contributed by atoms with E-state index >= 15 is 0 Å². The van der Waals surface area contributed by atoms with Crippen LogP contribution in [0.4, 0.5) is 5.95 Å². The molecule has 0 aliphatic carbocycles. The number of halogens is 1. The summed E-state index contributed by atoms with van der Waals surface area (Å²) in [5.41, 5.74) is 1.09. The fourth-order valence-corrected chi connectivity index (χ4v) is 1.63. The molecule has 0 amide bonds. The van der Waals surface area contributed by atoms with E-state index in [1.54, 1.807) is 0 Å². The first-order chi connectivity index (χ1) is 6.06. The highest BCUT2D eigenvalue weighted by atomic mass is 79.9. The van der Waals surface area contributed by atoms with Gasteiger partial charge in [-0.15, -0.1) is 0 Å². The zero-order chi connectivity index (χ0) is 10.0. The number of hydrogen-bond acceptors (Lipinski definition) is 3. The van der Waals surface area contributed by atoms with Crippen molar-refractivity contribution in [1.29, 1.82) is 0 Å². The summed E-state index contributed by atoms with van der Waals surface area (Å²) in [5.74, 6) is 0.796. The lowest BCUT2D eigenvalue weighted by Crippen LogP contribution is -2.14. The summed E-state index contributed by atoms with van der Waals surface area (Å²) < 4.78 is 1.51. The van der Waals surface area contributed by atoms with Crippen molar-refractivity contribution < 1.29 is 0 Å². The van der Waals surface area contributed by atoms with E-state index in [0.29, 0.717) is 4.64 Å². The van der Waals surface area contributed by atoms with E-state index in [0.717, 1.165) is 22.5 Å². The zero-order valence-corrected chi connectivity index (χ0v) is 10.3. The molecule has 0 bridgehead atoms. The summed E-state index contributed by atoms with van der Waals surface area (Å²) >= 11 is 8.52. The summed E-state index contributed by atoms with van der Waals surface area (Å²) in [6.45, 7) is 2.07. The van der Waals surface area contributed by atoms with E-state index in [-0.39, 0.29) is 0 Å². The van der Waals surface area contributed by atoms with Gasteiger partial charge in [-0.1, -0.05) is 19.1 Å². The molecule has 3 nitrogen and oxygen atoms in total. The van der Waals surface area contributed by atoms with Crippen LogP contribution in [0, 0.1) is 4.64 Å². The third-order valence-electron chi connectivity index (χ3n) is 1.70. The van der Waals surface area contributed by atoms with Gasteiger partial charge in [0.1, 0.15) is 4.64 Å². The monoisotopic (exact) mass is 261 g/mol. The van der Waals surface area contributed by atoms with Gasteiger partial charge in [0.15, 0.2) is 0 Å². The average molecular weight is 262 g/mol. The average Bonchev–Trinajstić information content (AvgIpc) is 2.09. The van der Waals surface area contributed by atoms with Crippen molar-refractivity contribution in [1.82, 2.24) is 9.97 Å². The topological polar surface area (TPSA) is 31.9 Å². The fraction of sp³-hybridized carbons (Fsp3) is 0.500. The third-order valence-corrected chi connectivity index (χ3v) is 3.11. The summed E-state index contributed by atoms with van der Waals surface area (Å²) in [7, 11) is 3.86. The van der Waals surface area contributed by atoms with Crippen molar-refractivity contribution >= 4 is 34.1 Å². The minimum absolute atomic E-state index is 0.610. The quantitative estimate of drug-likeness (QED) is 0.831. The normalized spacial score (nSPS) is 10.2. The molecule has 0 saturated carbocycles. The highest BCUT2D eigenvalue weighted by Gasteiger charge is 2.05. The van der Waals surface area contributed by atoms with E-state index in [1.165, 1.54) is 0 Å². The minimum atomic E-state index is 0.610. The van der Waals surface area contributed by atoms with Crippen LogP contribution in [0.3, 0.4) is 0 Å². The van der Waals surface area contributed by atoms with E-state index in [1.807, 2.05) is 19.0 Å². The molecule has 0 atom stereocenters. The Labute approximate surface area is 91.3 Å². The number of H-pyrrole nitrogens is 1. The Morgan fingerprint density at radius 1 is 1.54 bits per heavy atom. The van der Waals surface area contributed by atoms with E-state index < -0.39 is 0 Å². The largest absolute Gasteiger partial charge is 0.349 e. The summed E-state index contributed by atoms with van der Waals surface area (Å²) in [4.78, 5) is 9.33. The van der Waals surface area contributed by atoms with Gasteiger partial charge in [-0.3, -0.25) is 0 Å². The Kier molecular flexibility index (Phi) is 3.44. The molecule has 1 N–H and O–H groups in total. The number of nitrogens with one attached hydrogen (secondary N) is 1. The van der Waals surface area contributed by atoms with Crippen molar-refractivity contribution in [2.45, 2.75) is 13.3 Å². The van der Waals surface area contributed by atoms with E-state index in [4.69, 9.17) is 12.2 Å². The molecule has 13 heavy (non-hydrogen) atoms. The molecule has 0 fully saturated rings. The molecule has 0 radical (unpaired) electrons. The van der Waals surface area contributed by atoms with Crippen LogP contribution in [0.5, 0.6) is 0 Å². The Hall–Kier alpha value is -0.420. The minimum Gasteiger partial charge on any atom is -0.349 e. The van der Waals surface area contributed by atoms with E-state index in [2.05, 4.69) is 32.8 Å². The highest BCUT2D eigenvalue weighted by molar-refractivity contribution is 9.10. The molecule has 0 aliphatic heterocycles. The van der Waals surface area contributed by atoms with Crippen LogP contribution in [-0.4, -0.2) is 24.1 Å². The number of hydrogen-bond donors (Lipinski definition) is 1. The van der Waals surface area contributed by atoms with Gasteiger partial charge in [0.2, 0.25) is 5.95 Å². The molecular weight excluding hydrogens is 250 g/mol. The molecular formula is C8H12BrN3S. The standard InChI is InChI=1S/C8H12BrN3S/c1-4-5-6(9)7(13)11-8(10-5)12(2)3/h4H2,1-3H3,(H,10,11,13). The molecule has 1 aromatic heterocycles. The number of anilines is 1. The molecule has 1 rings (SSSR count). The first-order valence-corrected chi connectivity index (χ1v) is 5.22. The molecule has 0 aromatic carbocycles. The lowest BCUT2D eigenvalue weighted by Gasteiger charge is -2.13. The van der Waals surface area contributed by atoms with Gasteiger partial charge in [0, 0.05) is 19.8 Å². The Bertz CT molecular complexity index is 359. The van der Waals surface area contributed by atoms with Gasteiger partial charge < -0.3 is 9.88 Å². The van der Waals surface area contributed by atoms with Crippen LogP contribution in [0.1, 0.15) is 12.6 Å². The molecule has 1 aromatic rings. The summed E-state index contributed by atoms with van der Waals surface area (Å²) in [5, 5.41) is 0. The highest BCUT2D eigenvalue weighted by Crippen LogP contribution is 2.18. The molecule has 72 valence electrons. The molecule has 0 saturated heterocycles. The summed E-state index contributed by atoms with van der Waals surface area (Å²) in [6, 6.07) is 0. The van der Waals surface area contributed by atoms with Crippen LogP contribution in [0.25, 0.3) is 0 Å². The maximum atomic E-state index is 5.11. The molecule has 5 heteroatoms. The van der Waals surface area contributed by atoms with Gasteiger partial charge in [-0.05, 0) is 22.4 Å². The van der Waals surface area contributed by atoms with Crippen LogP contribution in [0.2, 0.25) is 0 Å². The second kappa shape index (κ2) is 4.19. The maximum absolute atomic E-state index is 5.11. The predicted octanol–water partition coefficient (Wildman–Crippen LogP) is 2.53. The van der Waals surface area contributed by atoms with Crippen molar-refractivity contribution in [2.24, 2.45) is 0 Å². The molecule has 0 aliphatic rings. The molecule has 0 spiro atoms. The van der Waals surface area contributed by atoms with Crippen molar-refractivity contribution in [3.63, 3.8) is 0 Å². The van der Waals surface area contributed by atoms with Gasteiger partial charge in [0.05, 0.1) is 4.47 Å². The first kappa shape index (κ1) is 10.7. The van der Waals surface area contributed by atoms with E-state index in [9.17, 15) is 0 Å². The number of aromatic amines is 1. The van der Waals surface area contributed by atoms with Crippen LogP contribution in [-0.2, 0) is 6.42 Å². The maximum Gasteiger partial charge on any atom is 0.203 e. The molecule has 1 heterocycles. The first-order valence-electron chi connectivity index (χ1n) is 4.02. The van der Waals surface area contributed by atoms with Crippen LogP contribution >= 0.6 is 28.1 Å². The van der Waals surface area contributed by atoms with Crippen molar-refractivity contribution in [3.05, 3.63) is 14.8 Å². The molecule has 0 unspecified atom stereocenters.